The zero-order chi connectivity index (χ0) is 16.6. The van der Waals surface area contributed by atoms with Gasteiger partial charge in [0, 0.05) is 12.1 Å². The molecule has 0 atom stereocenters. The van der Waals surface area contributed by atoms with Gasteiger partial charge in [-0.05, 0) is 45.2 Å². The van der Waals surface area contributed by atoms with E-state index in [2.05, 4.69) is 24.3 Å². The Hall–Kier alpha value is -2.21. The van der Waals surface area contributed by atoms with Crippen LogP contribution in [0.25, 0.3) is 21.6 Å². The summed E-state index contributed by atoms with van der Waals surface area (Å²) in [6.45, 7) is 8.02. The van der Waals surface area contributed by atoms with E-state index >= 15 is 0 Å². The standard InChI is InChI=1S/C17H20N4OS/c1-10(2)19-17(22)12-8-14(15-6-5-7-23-15)20-16-13(12)9-18-21(16)11(3)4/h5-11H,1-4H3,(H,19,22). The molecule has 0 radical (unpaired) electrons. The van der Waals surface area contributed by atoms with Crippen molar-refractivity contribution in [3.8, 4) is 10.6 Å². The number of nitrogens with zero attached hydrogens (tertiary/aromatic N) is 3. The summed E-state index contributed by atoms with van der Waals surface area (Å²) >= 11 is 1.61. The SMILES string of the molecule is CC(C)NC(=O)c1cc(-c2cccs2)nc2c1cnn2C(C)C. The summed E-state index contributed by atoms with van der Waals surface area (Å²) in [6, 6.07) is 6.12. The highest BCUT2D eigenvalue weighted by atomic mass is 32.1. The van der Waals surface area contributed by atoms with E-state index in [0.717, 1.165) is 21.6 Å². The number of carbonyl (C=O) groups excluding carboxylic acids is 1. The molecule has 0 saturated heterocycles. The second-order valence-electron chi connectivity index (χ2n) is 6.08. The highest BCUT2D eigenvalue weighted by Gasteiger charge is 2.19. The summed E-state index contributed by atoms with van der Waals surface area (Å²) < 4.78 is 1.86. The van der Waals surface area contributed by atoms with Crippen molar-refractivity contribution in [2.24, 2.45) is 0 Å². The molecule has 0 aliphatic carbocycles. The van der Waals surface area contributed by atoms with E-state index in [4.69, 9.17) is 4.98 Å². The lowest BCUT2D eigenvalue weighted by atomic mass is 10.1. The minimum absolute atomic E-state index is 0.0797. The van der Waals surface area contributed by atoms with E-state index in [1.807, 2.05) is 42.1 Å². The third kappa shape index (κ3) is 2.99. The molecular formula is C17H20N4OS. The third-order valence-electron chi connectivity index (χ3n) is 3.49. The molecule has 6 heteroatoms. The number of rotatable bonds is 4. The maximum atomic E-state index is 12.6. The van der Waals surface area contributed by atoms with Crippen molar-refractivity contribution >= 4 is 28.3 Å². The monoisotopic (exact) mass is 328 g/mol. The van der Waals surface area contributed by atoms with Crippen LogP contribution in [0.3, 0.4) is 0 Å². The Bertz CT molecular complexity index is 834. The lowest BCUT2D eigenvalue weighted by molar-refractivity contribution is 0.0944. The molecule has 3 rings (SSSR count). The first-order valence-electron chi connectivity index (χ1n) is 7.70. The normalized spacial score (nSPS) is 11.6. The predicted octanol–water partition coefficient (Wildman–Crippen LogP) is 3.88. The Kier molecular flexibility index (Phi) is 4.17. The number of hydrogen-bond donors (Lipinski definition) is 1. The molecular weight excluding hydrogens is 308 g/mol. The van der Waals surface area contributed by atoms with Gasteiger partial charge in [-0.1, -0.05) is 6.07 Å². The van der Waals surface area contributed by atoms with Crippen LogP contribution in [-0.2, 0) is 0 Å². The summed E-state index contributed by atoms with van der Waals surface area (Å²) in [7, 11) is 0. The second-order valence-corrected chi connectivity index (χ2v) is 7.03. The molecule has 23 heavy (non-hydrogen) atoms. The van der Waals surface area contributed by atoms with Crippen LogP contribution < -0.4 is 5.32 Å². The lowest BCUT2D eigenvalue weighted by Gasteiger charge is -2.11. The van der Waals surface area contributed by atoms with Gasteiger partial charge in [-0.3, -0.25) is 4.79 Å². The number of aromatic nitrogens is 3. The molecule has 1 N–H and O–H groups in total. The molecule has 0 spiro atoms. The highest BCUT2D eigenvalue weighted by Crippen LogP contribution is 2.28. The molecule has 3 aromatic rings. The van der Waals surface area contributed by atoms with Crippen LogP contribution in [0.4, 0.5) is 0 Å². The van der Waals surface area contributed by atoms with Crippen molar-refractivity contribution in [2.45, 2.75) is 39.8 Å². The van der Waals surface area contributed by atoms with Gasteiger partial charge in [-0.2, -0.15) is 5.10 Å². The maximum absolute atomic E-state index is 12.6. The molecule has 5 nitrogen and oxygen atoms in total. The molecule has 0 unspecified atom stereocenters. The zero-order valence-corrected chi connectivity index (χ0v) is 14.5. The highest BCUT2D eigenvalue weighted by molar-refractivity contribution is 7.13. The molecule has 3 aromatic heterocycles. The summed E-state index contributed by atoms with van der Waals surface area (Å²) in [4.78, 5) is 18.4. The number of amides is 1. The van der Waals surface area contributed by atoms with Crippen LogP contribution in [0.5, 0.6) is 0 Å². The Balaban J connectivity index is 2.22. The van der Waals surface area contributed by atoms with Crippen molar-refractivity contribution in [3.63, 3.8) is 0 Å². The summed E-state index contributed by atoms with van der Waals surface area (Å²) in [5, 5.41) is 10.2. The number of nitrogens with one attached hydrogen (secondary N) is 1. The first kappa shape index (κ1) is 15.7. The Labute approximate surface area is 139 Å². The van der Waals surface area contributed by atoms with Gasteiger partial charge in [0.2, 0.25) is 0 Å². The van der Waals surface area contributed by atoms with E-state index < -0.39 is 0 Å². The third-order valence-corrected chi connectivity index (χ3v) is 4.39. The van der Waals surface area contributed by atoms with Crippen molar-refractivity contribution in [1.29, 1.82) is 0 Å². The van der Waals surface area contributed by atoms with E-state index in [0.29, 0.717) is 5.56 Å². The zero-order valence-electron chi connectivity index (χ0n) is 13.7. The topological polar surface area (TPSA) is 59.8 Å². The van der Waals surface area contributed by atoms with Crippen LogP contribution in [0.2, 0.25) is 0 Å². The first-order valence-corrected chi connectivity index (χ1v) is 8.58. The van der Waals surface area contributed by atoms with Gasteiger partial charge < -0.3 is 5.32 Å². The number of carbonyl (C=O) groups is 1. The number of pyridine rings is 1. The molecule has 0 saturated carbocycles. The minimum Gasteiger partial charge on any atom is -0.350 e. The van der Waals surface area contributed by atoms with Crippen molar-refractivity contribution < 1.29 is 4.79 Å². The van der Waals surface area contributed by atoms with Gasteiger partial charge >= 0.3 is 0 Å². The van der Waals surface area contributed by atoms with Crippen molar-refractivity contribution in [1.82, 2.24) is 20.1 Å². The molecule has 120 valence electrons. The number of fused-ring (bicyclic) bond motifs is 1. The van der Waals surface area contributed by atoms with Gasteiger partial charge in [-0.25, -0.2) is 9.67 Å². The summed E-state index contributed by atoms with van der Waals surface area (Å²) in [5.41, 5.74) is 2.18. The average Bonchev–Trinajstić information content (AvgIpc) is 3.14. The maximum Gasteiger partial charge on any atom is 0.252 e. The number of thiophene rings is 1. The van der Waals surface area contributed by atoms with Crippen LogP contribution in [0.1, 0.15) is 44.1 Å². The average molecular weight is 328 g/mol. The van der Waals surface area contributed by atoms with Gasteiger partial charge in [0.05, 0.1) is 27.7 Å². The van der Waals surface area contributed by atoms with Crippen LogP contribution in [-0.4, -0.2) is 26.7 Å². The Morgan fingerprint density at radius 3 is 2.70 bits per heavy atom. The molecule has 0 aliphatic heterocycles. The number of hydrogen-bond acceptors (Lipinski definition) is 4. The van der Waals surface area contributed by atoms with Gasteiger partial charge in [0.1, 0.15) is 0 Å². The molecule has 0 bridgehead atoms. The van der Waals surface area contributed by atoms with E-state index in [1.54, 1.807) is 17.5 Å². The minimum atomic E-state index is -0.0893. The lowest BCUT2D eigenvalue weighted by Crippen LogP contribution is -2.30. The Morgan fingerprint density at radius 2 is 2.09 bits per heavy atom. The predicted molar refractivity (Wildman–Crippen MR) is 93.8 cm³/mol. The fourth-order valence-electron chi connectivity index (χ4n) is 2.47. The quantitative estimate of drug-likeness (QED) is 0.790. The van der Waals surface area contributed by atoms with Crippen molar-refractivity contribution in [3.05, 3.63) is 35.3 Å². The molecule has 0 aromatic carbocycles. The largest absolute Gasteiger partial charge is 0.350 e. The van der Waals surface area contributed by atoms with Crippen molar-refractivity contribution in [2.75, 3.05) is 0 Å². The Morgan fingerprint density at radius 1 is 1.30 bits per heavy atom. The van der Waals surface area contributed by atoms with Gasteiger partial charge in [0.15, 0.2) is 5.65 Å². The van der Waals surface area contributed by atoms with Gasteiger partial charge in [0.25, 0.3) is 5.91 Å². The molecule has 0 fully saturated rings. The van der Waals surface area contributed by atoms with Crippen LogP contribution in [0, 0.1) is 0 Å². The first-order chi connectivity index (χ1) is 11.0. The summed E-state index contributed by atoms with van der Waals surface area (Å²) in [5.74, 6) is -0.0893. The van der Waals surface area contributed by atoms with E-state index in [-0.39, 0.29) is 18.0 Å². The fourth-order valence-corrected chi connectivity index (χ4v) is 3.16. The van der Waals surface area contributed by atoms with Crippen LogP contribution >= 0.6 is 11.3 Å². The summed E-state index contributed by atoms with van der Waals surface area (Å²) in [6.07, 6.45) is 1.73. The van der Waals surface area contributed by atoms with Crippen LogP contribution in [0.15, 0.2) is 29.8 Å². The van der Waals surface area contributed by atoms with Gasteiger partial charge in [-0.15, -0.1) is 11.3 Å². The molecule has 1 amide bonds. The van der Waals surface area contributed by atoms with E-state index in [1.165, 1.54) is 0 Å². The smallest absolute Gasteiger partial charge is 0.252 e. The second kappa shape index (κ2) is 6.12. The van der Waals surface area contributed by atoms with E-state index in [9.17, 15) is 4.79 Å². The molecule has 0 aliphatic rings. The fraction of sp³-hybridized carbons (Fsp3) is 0.353. The molecule has 3 heterocycles.